The fraction of sp³-hybridized carbons (Fsp3) is 0.538. The highest BCUT2D eigenvalue weighted by molar-refractivity contribution is 7.18. The minimum Gasteiger partial charge on any atom is -0.369 e. The molecule has 0 saturated heterocycles. The smallest absolute Gasteiger partial charge is 0.138 e. The molecule has 0 aliphatic rings. The Bertz CT molecular complexity index is 519. The first-order valence-corrected chi connectivity index (χ1v) is 6.89. The Morgan fingerprint density at radius 3 is 2.82 bits per heavy atom. The molecular formula is C13H19N3S. The summed E-state index contributed by atoms with van der Waals surface area (Å²) in [5.41, 5.74) is 1.30. The van der Waals surface area contributed by atoms with Crippen molar-refractivity contribution < 1.29 is 0 Å². The van der Waals surface area contributed by atoms with E-state index in [4.69, 9.17) is 0 Å². The van der Waals surface area contributed by atoms with Crippen molar-refractivity contribution in [2.45, 2.75) is 34.1 Å². The Balaban J connectivity index is 2.33. The first-order valence-electron chi connectivity index (χ1n) is 6.08. The van der Waals surface area contributed by atoms with E-state index in [-0.39, 0.29) is 0 Å². The Hall–Kier alpha value is -1.16. The highest BCUT2D eigenvalue weighted by Crippen LogP contribution is 2.32. The van der Waals surface area contributed by atoms with Crippen LogP contribution in [0.1, 0.15) is 30.7 Å². The van der Waals surface area contributed by atoms with Gasteiger partial charge in [0.1, 0.15) is 17.0 Å². The Kier molecular flexibility index (Phi) is 3.62. The molecule has 0 bridgehead atoms. The highest BCUT2D eigenvalue weighted by Gasteiger charge is 2.11. The average Bonchev–Trinajstić information content (AvgIpc) is 2.63. The average molecular weight is 249 g/mol. The van der Waals surface area contributed by atoms with Crippen LogP contribution in [0.5, 0.6) is 0 Å². The van der Waals surface area contributed by atoms with Crippen LogP contribution in [0.3, 0.4) is 0 Å². The van der Waals surface area contributed by atoms with Crippen molar-refractivity contribution in [3.05, 3.63) is 16.8 Å². The molecule has 0 aliphatic carbocycles. The standard InChI is InChI=1S/C13H19N3S/c1-5-8(2)6-14-12-11-9(3)10(4)17-13(11)16-7-15-12/h7-8H,5-6H2,1-4H3,(H,14,15,16). The van der Waals surface area contributed by atoms with Gasteiger partial charge in [0, 0.05) is 11.4 Å². The Morgan fingerprint density at radius 1 is 1.35 bits per heavy atom. The van der Waals surface area contributed by atoms with Crippen LogP contribution in [0.15, 0.2) is 6.33 Å². The van der Waals surface area contributed by atoms with Gasteiger partial charge in [-0.1, -0.05) is 20.3 Å². The molecule has 3 nitrogen and oxygen atoms in total. The fourth-order valence-electron chi connectivity index (χ4n) is 1.73. The van der Waals surface area contributed by atoms with Crippen molar-refractivity contribution in [1.29, 1.82) is 0 Å². The van der Waals surface area contributed by atoms with E-state index in [0.717, 1.165) is 17.2 Å². The monoisotopic (exact) mass is 249 g/mol. The highest BCUT2D eigenvalue weighted by atomic mass is 32.1. The van der Waals surface area contributed by atoms with Gasteiger partial charge >= 0.3 is 0 Å². The molecule has 17 heavy (non-hydrogen) atoms. The summed E-state index contributed by atoms with van der Waals surface area (Å²) in [6.07, 6.45) is 2.83. The fourth-order valence-corrected chi connectivity index (χ4v) is 2.73. The summed E-state index contributed by atoms with van der Waals surface area (Å²) in [5.74, 6) is 1.65. The van der Waals surface area contributed by atoms with Gasteiger partial charge in [0.25, 0.3) is 0 Å². The van der Waals surface area contributed by atoms with E-state index in [1.165, 1.54) is 22.2 Å². The molecule has 2 aromatic rings. The second-order valence-corrected chi connectivity index (χ2v) is 5.78. The number of rotatable bonds is 4. The zero-order valence-corrected chi connectivity index (χ0v) is 11.7. The maximum absolute atomic E-state index is 4.37. The lowest BCUT2D eigenvalue weighted by molar-refractivity contribution is 0.593. The summed E-state index contributed by atoms with van der Waals surface area (Å²) in [6.45, 7) is 9.71. The lowest BCUT2D eigenvalue weighted by Gasteiger charge is -2.11. The molecule has 2 rings (SSSR count). The van der Waals surface area contributed by atoms with Crippen molar-refractivity contribution in [3.63, 3.8) is 0 Å². The van der Waals surface area contributed by atoms with Gasteiger partial charge in [-0.3, -0.25) is 0 Å². The second-order valence-electron chi connectivity index (χ2n) is 4.58. The van der Waals surface area contributed by atoms with Crippen LogP contribution in [-0.4, -0.2) is 16.5 Å². The van der Waals surface area contributed by atoms with Crippen LogP contribution in [0, 0.1) is 19.8 Å². The molecule has 0 aliphatic heterocycles. The van der Waals surface area contributed by atoms with Crippen LogP contribution in [0.4, 0.5) is 5.82 Å². The largest absolute Gasteiger partial charge is 0.369 e. The number of anilines is 1. The predicted molar refractivity (Wildman–Crippen MR) is 74.8 cm³/mol. The normalized spacial score (nSPS) is 12.9. The van der Waals surface area contributed by atoms with E-state index < -0.39 is 0 Å². The van der Waals surface area contributed by atoms with Crippen molar-refractivity contribution in [1.82, 2.24) is 9.97 Å². The molecule has 0 fully saturated rings. The van der Waals surface area contributed by atoms with E-state index in [9.17, 15) is 0 Å². The zero-order valence-electron chi connectivity index (χ0n) is 10.9. The summed E-state index contributed by atoms with van der Waals surface area (Å²) >= 11 is 1.74. The van der Waals surface area contributed by atoms with Gasteiger partial charge in [0.2, 0.25) is 0 Å². The molecule has 2 heterocycles. The SMILES string of the molecule is CCC(C)CNc1ncnc2sc(C)c(C)c12. The van der Waals surface area contributed by atoms with Gasteiger partial charge in [-0.25, -0.2) is 9.97 Å². The number of fused-ring (bicyclic) bond motifs is 1. The molecule has 2 aromatic heterocycles. The predicted octanol–water partition coefficient (Wildman–Crippen LogP) is 3.77. The summed E-state index contributed by atoms with van der Waals surface area (Å²) in [4.78, 5) is 11.1. The molecule has 1 atom stereocenters. The van der Waals surface area contributed by atoms with Gasteiger partial charge in [-0.2, -0.15) is 0 Å². The molecule has 92 valence electrons. The summed E-state index contributed by atoms with van der Waals surface area (Å²) in [7, 11) is 0. The molecule has 0 saturated carbocycles. The van der Waals surface area contributed by atoms with E-state index >= 15 is 0 Å². The van der Waals surface area contributed by atoms with Crippen LogP contribution in [-0.2, 0) is 0 Å². The summed E-state index contributed by atoms with van der Waals surface area (Å²) in [5, 5.41) is 4.64. The first kappa shape index (κ1) is 12.3. The van der Waals surface area contributed by atoms with Crippen LogP contribution < -0.4 is 5.32 Å². The third-order valence-electron chi connectivity index (χ3n) is 3.28. The third-order valence-corrected chi connectivity index (χ3v) is 4.40. The Morgan fingerprint density at radius 2 is 2.12 bits per heavy atom. The molecule has 0 radical (unpaired) electrons. The molecule has 4 heteroatoms. The van der Waals surface area contributed by atoms with Crippen molar-refractivity contribution in [3.8, 4) is 0 Å². The van der Waals surface area contributed by atoms with Crippen LogP contribution in [0.2, 0.25) is 0 Å². The Labute approximate surface area is 106 Å². The van der Waals surface area contributed by atoms with E-state index in [1.807, 2.05) is 0 Å². The number of aryl methyl sites for hydroxylation is 2. The molecule has 0 aromatic carbocycles. The van der Waals surface area contributed by atoms with Crippen LogP contribution >= 0.6 is 11.3 Å². The maximum atomic E-state index is 4.37. The first-order chi connectivity index (χ1) is 8.13. The molecule has 0 amide bonds. The number of hydrogen-bond acceptors (Lipinski definition) is 4. The van der Waals surface area contributed by atoms with Crippen LogP contribution in [0.25, 0.3) is 10.2 Å². The molecular weight excluding hydrogens is 230 g/mol. The van der Waals surface area contributed by atoms with E-state index in [0.29, 0.717) is 5.92 Å². The third kappa shape index (κ3) is 2.41. The number of nitrogens with one attached hydrogen (secondary N) is 1. The van der Waals surface area contributed by atoms with E-state index in [2.05, 4.69) is 43.0 Å². The van der Waals surface area contributed by atoms with Gasteiger partial charge in [-0.05, 0) is 25.3 Å². The quantitative estimate of drug-likeness (QED) is 0.896. The lowest BCUT2D eigenvalue weighted by Crippen LogP contribution is -2.11. The maximum Gasteiger partial charge on any atom is 0.138 e. The summed E-state index contributed by atoms with van der Waals surface area (Å²) < 4.78 is 0. The second kappa shape index (κ2) is 5.00. The van der Waals surface area contributed by atoms with Crippen molar-refractivity contribution in [2.24, 2.45) is 5.92 Å². The minimum absolute atomic E-state index is 0.667. The van der Waals surface area contributed by atoms with Gasteiger partial charge in [-0.15, -0.1) is 11.3 Å². The minimum atomic E-state index is 0.667. The van der Waals surface area contributed by atoms with Crippen molar-refractivity contribution in [2.75, 3.05) is 11.9 Å². The number of aromatic nitrogens is 2. The summed E-state index contributed by atoms with van der Waals surface area (Å²) in [6, 6.07) is 0. The van der Waals surface area contributed by atoms with Crippen molar-refractivity contribution >= 4 is 27.4 Å². The molecule has 1 unspecified atom stereocenters. The molecule has 1 N–H and O–H groups in total. The van der Waals surface area contributed by atoms with Gasteiger partial charge in [0.15, 0.2) is 0 Å². The number of nitrogens with zero attached hydrogens (tertiary/aromatic N) is 2. The lowest BCUT2D eigenvalue weighted by atomic mass is 10.1. The van der Waals surface area contributed by atoms with Gasteiger partial charge in [0.05, 0.1) is 5.39 Å². The van der Waals surface area contributed by atoms with E-state index in [1.54, 1.807) is 17.7 Å². The topological polar surface area (TPSA) is 37.8 Å². The molecule has 0 spiro atoms. The van der Waals surface area contributed by atoms with Gasteiger partial charge < -0.3 is 5.32 Å². The number of hydrogen-bond donors (Lipinski definition) is 1. The number of thiophene rings is 1. The zero-order chi connectivity index (χ0) is 12.4.